The summed E-state index contributed by atoms with van der Waals surface area (Å²) in [6.07, 6.45) is 3.00. The molecule has 9 nitrogen and oxygen atoms in total. The number of ether oxygens (including phenoxy) is 1. The maximum absolute atomic E-state index is 11.6. The van der Waals surface area contributed by atoms with Gasteiger partial charge in [0.05, 0.1) is 6.04 Å². The molecule has 0 spiro atoms. The molecule has 118 valence electrons. The van der Waals surface area contributed by atoms with Gasteiger partial charge in [0, 0.05) is 11.5 Å². The lowest BCUT2D eigenvalue weighted by molar-refractivity contribution is -0.138. The van der Waals surface area contributed by atoms with Gasteiger partial charge in [0.2, 0.25) is 0 Å². The number of rotatable bonds is 8. The zero-order valence-corrected chi connectivity index (χ0v) is 11.8. The Labute approximate surface area is 122 Å². The monoisotopic (exact) mass is 299 g/mol. The summed E-state index contributed by atoms with van der Waals surface area (Å²) in [6, 6.07) is -1.14. The highest BCUT2D eigenvalue weighted by Crippen LogP contribution is 2.25. The van der Waals surface area contributed by atoms with Crippen LogP contribution in [0.3, 0.4) is 0 Å². The van der Waals surface area contributed by atoms with Gasteiger partial charge >= 0.3 is 12.1 Å². The summed E-state index contributed by atoms with van der Waals surface area (Å²) in [7, 11) is 0. The molecule has 3 unspecified atom stereocenters. The number of nitrogens with two attached hydrogens (primary N) is 1. The number of carbonyl (C=O) groups is 2. The molecule has 0 aromatic rings. The Morgan fingerprint density at radius 1 is 1.48 bits per heavy atom. The minimum absolute atomic E-state index is 0.283. The molecule has 1 aliphatic rings. The van der Waals surface area contributed by atoms with Crippen molar-refractivity contribution in [3.63, 3.8) is 0 Å². The van der Waals surface area contributed by atoms with Gasteiger partial charge in [0.25, 0.3) is 0 Å². The zero-order chi connectivity index (χ0) is 15.7. The quantitative estimate of drug-likeness (QED) is 0.268. The number of carboxylic acid groups (broad SMARTS) is 1. The van der Waals surface area contributed by atoms with Crippen molar-refractivity contribution in [3.05, 3.63) is 10.4 Å². The number of alkyl carbamates (subject to hydrolysis) is 1. The third-order valence-electron chi connectivity index (χ3n) is 3.40. The molecule has 1 aliphatic carbocycles. The van der Waals surface area contributed by atoms with Crippen LogP contribution in [0, 0.1) is 0 Å². The summed E-state index contributed by atoms with van der Waals surface area (Å²) < 4.78 is 5.21. The van der Waals surface area contributed by atoms with Crippen LogP contribution >= 0.6 is 0 Å². The van der Waals surface area contributed by atoms with Crippen LogP contribution in [0.25, 0.3) is 10.4 Å². The number of carboxylic acids is 1. The van der Waals surface area contributed by atoms with Crippen LogP contribution in [0.1, 0.15) is 38.5 Å². The van der Waals surface area contributed by atoms with Crippen LogP contribution < -0.4 is 11.1 Å². The summed E-state index contributed by atoms with van der Waals surface area (Å²) in [6.45, 7) is 0.393. The van der Waals surface area contributed by atoms with E-state index in [0.29, 0.717) is 32.2 Å². The van der Waals surface area contributed by atoms with Crippen LogP contribution in [0.5, 0.6) is 0 Å². The molecule has 9 heteroatoms. The Balaban J connectivity index is 2.14. The van der Waals surface area contributed by atoms with Crippen molar-refractivity contribution >= 4 is 12.1 Å². The molecule has 1 amide bonds. The molecule has 0 aromatic carbocycles. The van der Waals surface area contributed by atoms with Gasteiger partial charge in [-0.2, -0.15) is 0 Å². The molecule has 21 heavy (non-hydrogen) atoms. The lowest BCUT2D eigenvalue weighted by Gasteiger charge is -2.16. The zero-order valence-electron chi connectivity index (χ0n) is 11.8. The van der Waals surface area contributed by atoms with Crippen LogP contribution in [-0.4, -0.2) is 41.9 Å². The lowest BCUT2D eigenvalue weighted by Crippen LogP contribution is -2.33. The van der Waals surface area contributed by atoms with E-state index in [0.717, 1.165) is 12.8 Å². The van der Waals surface area contributed by atoms with Crippen molar-refractivity contribution in [1.29, 1.82) is 0 Å². The first-order valence-corrected chi connectivity index (χ1v) is 7.01. The summed E-state index contributed by atoms with van der Waals surface area (Å²) in [5.41, 5.74) is 13.8. The number of hydrogen-bond acceptors (Lipinski definition) is 5. The highest BCUT2D eigenvalue weighted by molar-refractivity contribution is 5.72. The van der Waals surface area contributed by atoms with Crippen LogP contribution in [-0.2, 0) is 9.53 Å². The third kappa shape index (κ3) is 6.33. The molecule has 3 atom stereocenters. The Hall–Kier alpha value is -1.99. The van der Waals surface area contributed by atoms with E-state index in [1.165, 1.54) is 0 Å². The molecule has 4 N–H and O–H groups in total. The third-order valence-corrected chi connectivity index (χ3v) is 3.40. The fourth-order valence-corrected chi connectivity index (χ4v) is 2.22. The molecule has 0 aliphatic heterocycles. The number of hydrogen-bond donors (Lipinski definition) is 3. The van der Waals surface area contributed by atoms with Crippen molar-refractivity contribution in [2.75, 3.05) is 6.54 Å². The molecule has 0 heterocycles. The molecule has 1 fully saturated rings. The molecule has 1 saturated carbocycles. The Morgan fingerprint density at radius 2 is 2.24 bits per heavy atom. The molecular weight excluding hydrogens is 278 g/mol. The molecule has 0 radical (unpaired) electrons. The second kappa shape index (κ2) is 9.04. The average Bonchev–Trinajstić information content (AvgIpc) is 2.85. The van der Waals surface area contributed by atoms with Gasteiger partial charge in [-0.15, -0.1) is 0 Å². The van der Waals surface area contributed by atoms with Gasteiger partial charge in [0.1, 0.15) is 12.1 Å². The van der Waals surface area contributed by atoms with Crippen molar-refractivity contribution in [2.24, 2.45) is 10.8 Å². The second-order valence-electron chi connectivity index (χ2n) is 5.01. The number of azide groups is 1. The first-order valence-electron chi connectivity index (χ1n) is 7.01. The minimum Gasteiger partial charge on any atom is -0.480 e. The molecule has 0 bridgehead atoms. The van der Waals surface area contributed by atoms with E-state index in [-0.39, 0.29) is 12.1 Å². The molecule has 0 aromatic heterocycles. The normalized spacial score (nSPS) is 22.1. The van der Waals surface area contributed by atoms with Gasteiger partial charge in [-0.3, -0.25) is 4.79 Å². The number of carbonyl (C=O) groups excluding carboxylic acids is 1. The highest BCUT2D eigenvalue weighted by atomic mass is 16.6. The smallest absolute Gasteiger partial charge is 0.407 e. The van der Waals surface area contributed by atoms with E-state index in [9.17, 15) is 9.59 Å². The van der Waals surface area contributed by atoms with Crippen molar-refractivity contribution in [3.8, 4) is 0 Å². The van der Waals surface area contributed by atoms with E-state index in [4.69, 9.17) is 21.1 Å². The van der Waals surface area contributed by atoms with E-state index < -0.39 is 18.1 Å². The summed E-state index contributed by atoms with van der Waals surface area (Å²) >= 11 is 0. The van der Waals surface area contributed by atoms with Crippen LogP contribution in [0.2, 0.25) is 0 Å². The standard InChI is InChI=1S/C12H21N5O4/c13-8(11(18)19)4-1-2-7-15-12(20)21-10-6-3-5-9(10)16-17-14/h8-10H,1-7,13H2,(H,15,20)(H,18,19). The largest absolute Gasteiger partial charge is 0.480 e. The lowest BCUT2D eigenvalue weighted by atomic mass is 10.1. The summed E-state index contributed by atoms with van der Waals surface area (Å²) in [4.78, 5) is 24.8. The number of nitrogens with zero attached hydrogens (tertiary/aromatic N) is 3. The van der Waals surface area contributed by atoms with E-state index in [1.807, 2.05) is 0 Å². The Bertz CT molecular complexity index is 410. The van der Waals surface area contributed by atoms with Crippen LogP contribution in [0.15, 0.2) is 5.11 Å². The van der Waals surface area contributed by atoms with Crippen molar-refractivity contribution in [1.82, 2.24) is 5.32 Å². The minimum atomic E-state index is -1.02. The summed E-state index contributed by atoms with van der Waals surface area (Å²) in [5.74, 6) is -1.02. The molecule has 0 saturated heterocycles. The van der Waals surface area contributed by atoms with Gasteiger partial charge < -0.3 is 20.9 Å². The fourth-order valence-electron chi connectivity index (χ4n) is 2.22. The maximum atomic E-state index is 11.6. The first kappa shape index (κ1) is 17.1. The van der Waals surface area contributed by atoms with Gasteiger partial charge in [-0.05, 0) is 44.1 Å². The predicted octanol–water partition coefficient (Wildman–Crippen LogP) is 1.53. The van der Waals surface area contributed by atoms with E-state index >= 15 is 0 Å². The highest BCUT2D eigenvalue weighted by Gasteiger charge is 2.29. The number of nitrogens with one attached hydrogen (secondary N) is 1. The Morgan fingerprint density at radius 3 is 2.90 bits per heavy atom. The van der Waals surface area contributed by atoms with Crippen molar-refractivity contribution in [2.45, 2.75) is 56.7 Å². The molecule has 1 rings (SSSR count). The SMILES string of the molecule is [N-]=[N+]=NC1CCCC1OC(=O)NCCCCC(N)C(=O)O. The topological polar surface area (TPSA) is 150 Å². The Kier molecular flexibility index (Phi) is 7.34. The first-order chi connectivity index (χ1) is 10.0. The fraction of sp³-hybridized carbons (Fsp3) is 0.833. The van der Waals surface area contributed by atoms with Crippen LogP contribution in [0.4, 0.5) is 4.79 Å². The summed E-state index contributed by atoms with van der Waals surface area (Å²) in [5, 5.41) is 14.8. The number of unbranched alkanes of at least 4 members (excludes halogenated alkanes) is 1. The van der Waals surface area contributed by atoms with Gasteiger partial charge in [0.15, 0.2) is 0 Å². The maximum Gasteiger partial charge on any atom is 0.407 e. The number of amides is 1. The predicted molar refractivity (Wildman–Crippen MR) is 74.5 cm³/mol. The molecular formula is C12H21N5O4. The van der Waals surface area contributed by atoms with Crippen molar-refractivity contribution < 1.29 is 19.4 Å². The average molecular weight is 299 g/mol. The van der Waals surface area contributed by atoms with E-state index in [2.05, 4.69) is 15.3 Å². The van der Waals surface area contributed by atoms with E-state index in [1.54, 1.807) is 0 Å². The van der Waals surface area contributed by atoms with Gasteiger partial charge in [-0.25, -0.2) is 4.79 Å². The second-order valence-corrected chi connectivity index (χ2v) is 5.01. The van der Waals surface area contributed by atoms with Gasteiger partial charge in [-0.1, -0.05) is 5.11 Å². The number of aliphatic carboxylic acids is 1.